The molecule has 31 heavy (non-hydrogen) atoms. The SMILES string of the molecule is Cc1cccc(C)c1Nc1ccccc1Sc1ccccc1Nc1c(C)cccc1C. The van der Waals surface area contributed by atoms with Crippen LogP contribution in [0.1, 0.15) is 22.3 Å². The first-order valence-electron chi connectivity index (χ1n) is 10.6. The molecule has 0 aliphatic rings. The third-order valence-corrected chi connectivity index (χ3v) is 6.63. The third kappa shape index (κ3) is 4.78. The van der Waals surface area contributed by atoms with Crippen molar-refractivity contribution in [1.29, 1.82) is 0 Å². The van der Waals surface area contributed by atoms with Crippen molar-refractivity contribution in [3.8, 4) is 0 Å². The number of aryl methyl sites for hydroxylation is 4. The van der Waals surface area contributed by atoms with Gasteiger partial charge in [-0.2, -0.15) is 0 Å². The molecule has 2 nitrogen and oxygen atoms in total. The van der Waals surface area contributed by atoms with Gasteiger partial charge in [0.2, 0.25) is 0 Å². The molecule has 0 aliphatic heterocycles. The molecule has 4 aromatic rings. The van der Waals surface area contributed by atoms with Crippen LogP contribution in [0.2, 0.25) is 0 Å². The van der Waals surface area contributed by atoms with Crippen LogP contribution in [-0.2, 0) is 0 Å². The van der Waals surface area contributed by atoms with E-state index < -0.39 is 0 Å². The fraction of sp³-hybridized carbons (Fsp3) is 0.143. The van der Waals surface area contributed by atoms with Gasteiger partial charge in [-0.05, 0) is 74.2 Å². The van der Waals surface area contributed by atoms with E-state index >= 15 is 0 Å². The van der Waals surface area contributed by atoms with Gasteiger partial charge in [0, 0.05) is 21.2 Å². The van der Waals surface area contributed by atoms with Gasteiger partial charge in [0.1, 0.15) is 0 Å². The van der Waals surface area contributed by atoms with Crippen LogP contribution in [0.3, 0.4) is 0 Å². The van der Waals surface area contributed by atoms with Crippen LogP contribution in [0.15, 0.2) is 94.7 Å². The number of benzene rings is 4. The van der Waals surface area contributed by atoms with E-state index in [1.165, 1.54) is 43.4 Å². The van der Waals surface area contributed by atoms with E-state index in [0.29, 0.717) is 0 Å². The first-order valence-corrected chi connectivity index (χ1v) is 11.4. The number of hydrogen-bond donors (Lipinski definition) is 2. The molecule has 0 heterocycles. The maximum absolute atomic E-state index is 3.68. The monoisotopic (exact) mass is 424 g/mol. The largest absolute Gasteiger partial charge is 0.354 e. The summed E-state index contributed by atoms with van der Waals surface area (Å²) < 4.78 is 0. The van der Waals surface area contributed by atoms with Crippen LogP contribution in [-0.4, -0.2) is 0 Å². The predicted molar refractivity (Wildman–Crippen MR) is 135 cm³/mol. The highest BCUT2D eigenvalue weighted by molar-refractivity contribution is 7.99. The molecule has 0 aliphatic carbocycles. The lowest BCUT2D eigenvalue weighted by molar-refractivity contribution is 1.31. The summed E-state index contributed by atoms with van der Waals surface area (Å²) in [5.74, 6) is 0. The molecular formula is C28H28N2S. The van der Waals surface area contributed by atoms with Gasteiger partial charge >= 0.3 is 0 Å². The van der Waals surface area contributed by atoms with Crippen molar-refractivity contribution >= 4 is 34.5 Å². The Hall–Kier alpha value is -3.17. The molecule has 0 aromatic heterocycles. The van der Waals surface area contributed by atoms with Crippen molar-refractivity contribution < 1.29 is 0 Å². The summed E-state index contributed by atoms with van der Waals surface area (Å²) in [6, 6.07) is 29.8. The minimum absolute atomic E-state index is 1.12. The number of para-hydroxylation sites is 4. The standard InChI is InChI=1S/C28H28N2S/c1-19-11-9-12-20(2)27(19)29-23-15-5-7-17-25(23)31-26-18-8-6-16-24(26)30-28-21(3)13-10-14-22(28)4/h5-18,29-30H,1-4H3. The number of anilines is 4. The fourth-order valence-corrected chi connectivity index (χ4v) is 4.72. The maximum atomic E-state index is 3.68. The lowest BCUT2D eigenvalue weighted by Gasteiger charge is -2.18. The molecule has 2 N–H and O–H groups in total. The zero-order valence-corrected chi connectivity index (χ0v) is 19.3. The molecule has 0 fully saturated rings. The third-order valence-electron chi connectivity index (χ3n) is 5.48. The lowest BCUT2D eigenvalue weighted by atomic mass is 10.1. The predicted octanol–water partition coefficient (Wildman–Crippen LogP) is 8.56. The van der Waals surface area contributed by atoms with E-state index in [2.05, 4.69) is 123 Å². The quantitative estimate of drug-likeness (QED) is 0.324. The fourth-order valence-electron chi connectivity index (χ4n) is 3.73. The van der Waals surface area contributed by atoms with Gasteiger partial charge in [-0.25, -0.2) is 0 Å². The van der Waals surface area contributed by atoms with Crippen LogP contribution < -0.4 is 10.6 Å². The van der Waals surface area contributed by atoms with Gasteiger partial charge in [-0.3, -0.25) is 0 Å². The van der Waals surface area contributed by atoms with Crippen molar-refractivity contribution in [3.05, 3.63) is 107 Å². The molecule has 4 aromatic carbocycles. The molecule has 156 valence electrons. The Morgan fingerprint density at radius 1 is 0.452 bits per heavy atom. The van der Waals surface area contributed by atoms with Crippen LogP contribution in [0.5, 0.6) is 0 Å². The first-order chi connectivity index (χ1) is 15.0. The van der Waals surface area contributed by atoms with Gasteiger partial charge in [-0.1, -0.05) is 72.4 Å². The summed E-state index contributed by atoms with van der Waals surface area (Å²) in [5.41, 5.74) is 9.58. The average Bonchev–Trinajstić information content (AvgIpc) is 2.76. The van der Waals surface area contributed by atoms with Crippen LogP contribution in [0.4, 0.5) is 22.7 Å². The van der Waals surface area contributed by atoms with Gasteiger partial charge in [0.25, 0.3) is 0 Å². The summed E-state index contributed by atoms with van der Waals surface area (Å²) in [6.07, 6.45) is 0. The van der Waals surface area contributed by atoms with Crippen LogP contribution >= 0.6 is 11.8 Å². The molecular weight excluding hydrogens is 396 g/mol. The molecule has 4 rings (SSSR count). The molecule has 0 spiro atoms. The second kappa shape index (κ2) is 9.32. The summed E-state index contributed by atoms with van der Waals surface area (Å²) in [6.45, 7) is 8.59. The van der Waals surface area contributed by atoms with Gasteiger partial charge in [0.15, 0.2) is 0 Å². The van der Waals surface area contributed by atoms with E-state index in [-0.39, 0.29) is 0 Å². The zero-order valence-electron chi connectivity index (χ0n) is 18.5. The topological polar surface area (TPSA) is 24.1 Å². The van der Waals surface area contributed by atoms with Crippen molar-refractivity contribution in [3.63, 3.8) is 0 Å². The van der Waals surface area contributed by atoms with Crippen molar-refractivity contribution in [1.82, 2.24) is 0 Å². The molecule has 0 bridgehead atoms. The van der Waals surface area contributed by atoms with E-state index in [0.717, 1.165) is 11.4 Å². The molecule has 0 saturated carbocycles. The highest BCUT2D eigenvalue weighted by Crippen LogP contribution is 2.40. The Morgan fingerprint density at radius 3 is 1.19 bits per heavy atom. The Balaban J connectivity index is 1.66. The zero-order chi connectivity index (χ0) is 21.8. The Morgan fingerprint density at radius 2 is 0.806 bits per heavy atom. The summed E-state index contributed by atoms with van der Waals surface area (Å²) in [7, 11) is 0. The molecule has 3 heteroatoms. The van der Waals surface area contributed by atoms with Crippen LogP contribution in [0.25, 0.3) is 0 Å². The second-order valence-corrected chi connectivity index (χ2v) is 8.96. The minimum atomic E-state index is 1.12. The van der Waals surface area contributed by atoms with E-state index in [9.17, 15) is 0 Å². The number of hydrogen-bond acceptors (Lipinski definition) is 3. The first kappa shape index (κ1) is 21.1. The summed E-state index contributed by atoms with van der Waals surface area (Å²) >= 11 is 1.78. The highest BCUT2D eigenvalue weighted by atomic mass is 32.2. The number of nitrogens with one attached hydrogen (secondary N) is 2. The smallest absolute Gasteiger partial charge is 0.0526 e. The Labute approximate surface area is 189 Å². The number of rotatable bonds is 6. The lowest BCUT2D eigenvalue weighted by Crippen LogP contribution is -1.99. The van der Waals surface area contributed by atoms with E-state index in [1.807, 2.05) is 0 Å². The average molecular weight is 425 g/mol. The van der Waals surface area contributed by atoms with E-state index in [1.54, 1.807) is 11.8 Å². The molecule has 0 radical (unpaired) electrons. The van der Waals surface area contributed by atoms with Crippen molar-refractivity contribution in [2.75, 3.05) is 10.6 Å². The molecule has 0 saturated heterocycles. The van der Waals surface area contributed by atoms with Gasteiger partial charge in [0.05, 0.1) is 11.4 Å². The van der Waals surface area contributed by atoms with Crippen LogP contribution in [0, 0.1) is 27.7 Å². The Bertz CT molecular complexity index is 1080. The summed E-state index contributed by atoms with van der Waals surface area (Å²) in [5, 5.41) is 7.35. The van der Waals surface area contributed by atoms with Crippen molar-refractivity contribution in [2.24, 2.45) is 0 Å². The Kier molecular flexibility index (Phi) is 6.34. The summed E-state index contributed by atoms with van der Waals surface area (Å²) in [4.78, 5) is 2.39. The van der Waals surface area contributed by atoms with E-state index in [4.69, 9.17) is 0 Å². The van der Waals surface area contributed by atoms with Gasteiger partial charge in [-0.15, -0.1) is 0 Å². The maximum Gasteiger partial charge on any atom is 0.0526 e. The minimum Gasteiger partial charge on any atom is -0.354 e. The van der Waals surface area contributed by atoms with Crippen molar-refractivity contribution in [2.45, 2.75) is 37.5 Å². The highest BCUT2D eigenvalue weighted by Gasteiger charge is 2.11. The molecule has 0 amide bonds. The molecule has 0 atom stereocenters. The second-order valence-electron chi connectivity index (χ2n) is 7.88. The molecule has 0 unspecified atom stereocenters. The van der Waals surface area contributed by atoms with Gasteiger partial charge < -0.3 is 10.6 Å². The normalized spacial score (nSPS) is 10.7.